The van der Waals surface area contributed by atoms with Gasteiger partial charge >= 0.3 is 12.0 Å². The third kappa shape index (κ3) is 5.20. The van der Waals surface area contributed by atoms with Crippen LogP contribution >= 0.6 is 0 Å². The normalized spacial score (nSPS) is 9.61. The van der Waals surface area contributed by atoms with Crippen molar-refractivity contribution in [1.29, 1.82) is 0 Å². The fourth-order valence-electron chi connectivity index (χ4n) is 1.19. The van der Waals surface area contributed by atoms with Crippen LogP contribution in [0.25, 0.3) is 0 Å². The molecule has 1 rings (SSSR count). The monoisotopic (exact) mass is 252 g/mol. The van der Waals surface area contributed by atoms with E-state index in [0.717, 1.165) is 6.42 Å². The van der Waals surface area contributed by atoms with Gasteiger partial charge in [-0.1, -0.05) is 6.92 Å². The largest absolute Gasteiger partial charge is 0.482 e. The van der Waals surface area contributed by atoms with Gasteiger partial charge in [0.1, 0.15) is 5.75 Å². The molecule has 0 aliphatic heterocycles. The predicted molar refractivity (Wildman–Crippen MR) is 66.9 cm³/mol. The average Bonchev–Trinajstić information content (AvgIpc) is 2.35. The van der Waals surface area contributed by atoms with Crippen LogP contribution in [-0.4, -0.2) is 30.3 Å². The van der Waals surface area contributed by atoms with E-state index in [4.69, 9.17) is 9.84 Å². The van der Waals surface area contributed by atoms with Crippen LogP contribution in [0.3, 0.4) is 0 Å². The highest BCUT2D eigenvalue weighted by atomic mass is 16.5. The summed E-state index contributed by atoms with van der Waals surface area (Å²) in [6, 6.07) is 6.21. The molecule has 0 spiro atoms. The lowest BCUT2D eigenvalue weighted by Gasteiger charge is -2.07. The standard InChI is InChI=1S/C12H16N2O4/c1-2-7-13-12(17)14-9-3-5-10(6-4-9)18-8-11(15)16/h3-6H,2,7-8H2,1H3,(H,15,16)(H2,13,14,17). The molecule has 0 heterocycles. The molecule has 98 valence electrons. The smallest absolute Gasteiger partial charge is 0.341 e. The third-order valence-electron chi connectivity index (χ3n) is 2.01. The van der Waals surface area contributed by atoms with Crippen molar-refractivity contribution in [1.82, 2.24) is 5.32 Å². The molecule has 0 saturated carbocycles. The van der Waals surface area contributed by atoms with Gasteiger partial charge < -0.3 is 20.5 Å². The summed E-state index contributed by atoms with van der Waals surface area (Å²) in [6.45, 7) is 2.20. The Labute approximate surface area is 105 Å². The molecule has 3 N–H and O–H groups in total. The first-order valence-corrected chi connectivity index (χ1v) is 5.61. The molecular weight excluding hydrogens is 236 g/mol. The van der Waals surface area contributed by atoms with Crippen molar-refractivity contribution in [2.75, 3.05) is 18.5 Å². The molecule has 0 aliphatic rings. The van der Waals surface area contributed by atoms with Crippen LogP contribution in [-0.2, 0) is 4.79 Å². The van der Waals surface area contributed by atoms with Crippen molar-refractivity contribution in [3.05, 3.63) is 24.3 Å². The Balaban J connectivity index is 2.44. The van der Waals surface area contributed by atoms with E-state index >= 15 is 0 Å². The minimum absolute atomic E-state index is 0.268. The predicted octanol–water partition coefficient (Wildman–Crippen LogP) is 1.68. The molecule has 0 saturated heterocycles. The van der Waals surface area contributed by atoms with E-state index in [0.29, 0.717) is 18.0 Å². The molecule has 0 radical (unpaired) electrons. The second-order valence-electron chi connectivity index (χ2n) is 3.59. The van der Waals surface area contributed by atoms with Crippen molar-refractivity contribution in [2.24, 2.45) is 0 Å². The Kier molecular flexibility index (Phi) is 5.50. The molecule has 1 aromatic rings. The van der Waals surface area contributed by atoms with Gasteiger partial charge in [0.15, 0.2) is 6.61 Å². The number of hydrogen-bond acceptors (Lipinski definition) is 3. The summed E-state index contributed by atoms with van der Waals surface area (Å²) in [7, 11) is 0. The second-order valence-corrected chi connectivity index (χ2v) is 3.59. The number of ether oxygens (including phenoxy) is 1. The SMILES string of the molecule is CCCNC(=O)Nc1ccc(OCC(=O)O)cc1. The van der Waals surface area contributed by atoms with E-state index in [9.17, 15) is 9.59 Å². The van der Waals surface area contributed by atoms with Crippen LogP contribution in [0.1, 0.15) is 13.3 Å². The molecular formula is C12H16N2O4. The second kappa shape index (κ2) is 7.16. The van der Waals surface area contributed by atoms with Crippen LogP contribution < -0.4 is 15.4 Å². The van der Waals surface area contributed by atoms with Gasteiger partial charge in [0.2, 0.25) is 0 Å². The Hall–Kier alpha value is -2.24. The zero-order chi connectivity index (χ0) is 13.4. The minimum Gasteiger partial charge on any atom is -0.482 e. The number of carboxylic acid groups (broad SMARTS) is 1. The fraction of sp³-hybridized carbons (Fsp3) is 0.333. The van der Waals surface area contributed by atoms with E-state index in [1.165, 1.54) is 0 Å². The maximum Gasteiger partial charge on any atom is 0.341 e. The number of urea groups is 1. The number of carbonyl (C=O) groups is 2. The van der Waals surface area contributed by atoms with Gasteiger partial charge in [0, 0.05) is 12.2 Å². The van der Waals surface area contributed by atoms with Crippen molar-refractivity contribution < 1.29 is 19.4 Å². The van der Waals surface area contributed by atoms with Crippen LogP contribution in [0.15, 0.2) is 24.3 Å². The number of carbonyl (C=O) groups excluding carboxylic acids is 1. The lowest BCUT2D eigenvalue weighted by Crippen LogP contribution is -2.29. The van der Waals surface area contributed by atoms with E-state index in [1.807, 2.05) is 6.92 Å². The molecule has 1 aromatic carbocycles. The highest BCUT2D eigenvalue weighted by Gasteiger charge is 2.02. The Morgan fingerprint density at radius 3 is 2.50 bits per heavy atom. The lowest BCUT2D eigenvalue weighted by atomic mass is 10.3. The van der Waals surface area contributed by atoms with Crippen LogP contribution in [0.5, 0.6) is 5.75 Å². The van der Waals surface area contributed by atoms with Gasteiger partial charge in [0.25, 0.3) is 0 Å². The Morgan fingerprint density at radius 1 is 1.28 bits per heavy atom. The van der Waals surface area contributed by atoms with Gasteiger partial charge in [-0.25, -0.2) is 9.59 Å². The molecule has 6 heteroatoms. The van der Waals surface area contributed by atoms with Crippen LogP contribution in [0.4, 0.5) is 10.5 Å². The molecule has 0 atom stereocenters. The molecule has 0 unspecified atom stereocenters. The van der Waals surface area contributed by atoms with Crippen molar-refractivity contribution in [2.45, 2.75) is 13.3 Å². The van der Waals surface area contributed by atoms with E-state index in [-0.39, 0.29) is 12.6 Å². The molecule has 0 aromatic heterocycles. The summed E-state index contributed by atoms with van der Waals surface area (Å²) in [6.07, 6.45) is 0.870. The van der Waals surface area contributed by atoms with E-state index in [1.54, 1.807) is 24.3 Å². The van der Waals surface area contributed by atoms with Gasteiger partial charge in [0.05, 0.1) is 0 Å². The number of rotatable bonds is 6. The quantitative estimate of drug-likeness (QED) is 0.718. The number of amides is 2. The Morgan fingerprint density at radius 2 is 1.94 bits per heavy atom. The van der Waals surface area contributed by atoms with Crippen molar-refractivity contribution >= 4 is 17.7 Å². The van der Waals surface area contributed by atoms with E-state index < -0.39 is 5.97 Å². The summed E-state index contributed by atoms with van der Waals surface area (Å²) in [4.78, 5) is 21.6. The van der Waals surface area contributed by atoms with Crippen LogP contribution in [0, 0.1) is 0 Å². The van der Waals surface area contributed by atoms with Gasteiger partial charge in [-0.3, -0.25) is 0 Å². The highest BCUT2D eigenvalue weighted by Crippen LogP contribution is 2.15. The zero-order valence-corrected chi connectivity index (χ0v) is 10.1. The summed E-state index contributed by atoms with van der Waals surface area (Å²) < 4.78 is 4.96. The number of carboxylic acids is 1. The van der Waals surface area contributed by atoms with Gasteiger partial charge in [-0.2, -0.15) is 0 Å². The first kappa shape index (κ1) is 13.8. The molecule has 6 nitrogen and oxygen atoms in total. The Bertz CT molecular complexity index is 403. The average molecular weight is 252 g/mol. The highest BCUT2D eigenvalue weighted by molar-refractivity contribution is 5.89. The molecule has 2 amide bonds. The van der Waals surface area contributed by atoms with Gasteiger partial charge in [-0.05, 0) is 30.7 Å². The maximum absolute atomic E-state index is 11.3. The van der Waals surface area contributed by atoms with Crippen molar-refractivity contribution in [3.8, 4) is 5.75 Å². The zero-order valence-electron chi connectivity index (χ0n) is 10.1. The topological polar surface area (TPSA) is 87.7 Å². The molecule has 0 aliphatic carbocycles. The molecule has 0 bridgehead atoms. The molecule has 0 fully saturated rings. The third-order valence-corrected chi connectivity index (χ3v) is 2.01. The number of hydrogen-bond donors (Lipinski definition) is 3. The first-order chi connectivity index (χ1) is 8.61. The van der Waals surface area contributed by atoms with Crippen LogP contribution in [0.2, 0.25) is 0 Å². The first-order valence-electron chi connectivity index (χ1n) is 5.61. The maximum atomic E-state index is 11.3. The summed E-state index contributed by atoms with van der Waals surface area (Å²) in [5, 5.41) is 13.8. The number of aliphatic carboxylic acids is 1. The summed E-state index contributed by atoms with van der Waals surface area (Å²) >= 11 is 0. The van der Waals surface area contributed by atoms with E-state index in [2.05, 4.69) is 10.6 Å². The summed E-state index contributed by atoms with van der Waals surface area (Å²) in [5.74, 6) is -0.590. The van der Waals surface area contributed by atoms with Gasteiger partial charge in [-0.15, -0.1) is 0 Å². The lowest BCUT2D eigenvalue weighted by molar-refractivity contribution is -0.139. The molecule has 18 heavy (non-hydrogen) atoms. The number of nitrogens with one attached hydrogen (secondary N) is 2. The van der Waals surface area contributed by atoms with Crippen molar-refractivity contribution in [3.63, 3.8) is 0 Å². The number of anilines is 1. The number of benzene rings is 1. The fourth-order valence-corrected chi connectivity index (χ4v) is 1.19. The minimum atomic E-state index is -1.03. The summed E-state index contributed by atoms with van der Waals surface area (Å²) in [5.41, 5.74) is 0.617.